The van der Waals surface area contributed by atoms with E-state index in [2.05, 4.69) is 12.1 Å². The van der Waals surface area contributed by atoms with Gasteiger partial charge in [0.15, 0.2) is 0 Å². The lowest BCUT2D eigenvalue weighted by molar-refractivity contribution is -0.0209. The smallest absolute Gasteiger partial charge is 0.257 e. The third kappa shape index (κ3) is 3.71. The molecule has 1 fully saturated rings. The predicted octanol–water partition coefficient (Wildman–Crippen LogP) is 2.78. The third-order valence-electron chi connectivity index (χ3n) is 4.07. The van der Waals surface area contributed by atoms with E-state index in [1.807, 2.05) is 47.4 Å². The number of carbonyl (C=O) groups is 1. The zero-order chi connectivity index (χ0) is 16.1. The molecule has 0 aromatic heterocycles. The highest BCUT2D eigenvalue weighted by atomic mass is 16.5. The number of benzene rings is 2. The Morgan fingerprint density at radius 2 is 1.91 bits per heavy atom. The first-order valence-corrected chi connectivity index (χ1v) is 7.86. The monoisotopic (exact) mass is 311 g/mol. The lowest BCUT2D eigenvalue weighted by atomic mass is 10.1. The summed E-state index contributed by atoms with van der Waals surface area (Å²) in [5, 5.41) is 0. The minimum atomic E-state index is 0.00353. The van der Waals surface area contributed by atoms with Gasteiger partial charge < -0.3 is 14.4 Å². The molecule has 2 aromatic carbocycles. The minimum Gasteiger partial charge on any atom is -0.496 e. The molecule has 0 N–H and O–H groups in total. The Kier molecular flexibility index (Phi) is 4.93. The maximum absolute atomic E-state index is 12.8. The number of hydrogen-bond acceptors (Lipinski definition) is 3. The van der Waals surface area contributed by atoms with Gasteiger partial charge in [-0.3, -0.25) is 4.79 Å². The van der Waals surface area contributed by atoms with Crippen LogP contribution in [0.25, 0.3) is 0 Å². The van der Waals surface area contributed by atoms with Gasteiger partial charge in [-0.2, -0.15) is 0 Å². The number of carbonyl (C=O) groups excluding carboxylic acids is 1. The molecule has 2 aromatic rings. The van der Waals surface area contributed by atoms with E-state index in [-0.39, 0.29) is 12.0 Å². The number of hydrogen-bond donors (Lipinski definition) is 0. The van der Waals surface area contributed by atoms with Crippen molar-refractivity contribution in [3.63, 3.8) is 0 Å². The van der Waals surface area contributed by atoms with Gasteiger partial charge in [-0.25, -0.2) is 0 Å². The lowest BCUT2D eigenvalue weighted by Crippen LogP contribution is -2.46. The van der Waals surface area contributed by atoms with Crippen molar-refractivity contribution in [1.29, 1.82) is 0 Å². The zero-order valence-corrected chi connectivity index (χ0v) is 13.3. The summed E-state index contributed by atoms with van der Waals surface area (Å²) in [6.07, 6.45) is 0.848. The van der Waals surface area contributed by atoms with E-state index in [0.717, 1.165) is 6.42 Å². The molecule has 0 aliphatic carbocycles. The lowest BCUT2D eigenvalue weighted by Gasteiger charge is -2.33. The molecule has 4 nitrogen and oxygen atoms in total. The Bertz CT molecular complexity index is 657. The Balaban J connectivity index is 1.69. The van der Waals surface area contributed by atoms with Crippen LogP contribution in [0.2, 0.25) is 0 Å². The average molecular weight is 311 g/mol. The highest BCUT2D eigenvalue weighted by Crippen LogP contribution is 2.21. The molecule has 1 aliphatic rings. The third-order valence-corrected chi connectivity index (χ3v) is 4.07. The first-order valence-electron chi connectivity index (χ1n) is 7.86. The highest BCUT2D eigenvalue weighted by Gasteiger charge is 2.26. The van der Waals surface area contributed by atoms with E-state index in [1.165, 1.54) is 5.56 Å². The normalized spacial score (nSPS) is 17.8. The summed E-state index contributed by atoms with van der Waals surface area (Å²) in [5.41, 5.74) is 1.83. The van der Waals surface area contributed by atoms with Crippen LogP contribution in [0.15, 0.2) is 54.6 Å². The van der Waals surface area contributed by atoms with E-state index < -0.39 is 0 Å². The van der Waals surface area contributed by atoms with Crippen LogP contribution in [0.3, 0.4) is 0 Å². The first-order chi connectivity index (χ1) is 11.3. The second-order valence-electron chi connectivity index (χ2n) is 5.63. The maximum atomic E-state index is 12.8. The fourth-order valence-corrected chi connectivity index (χ4v) is 2.90. The Morgan fingerprint density at radius 3 is 2.70 bits per heavy atom. The van der Waals surface area contributed by atoms with Gasteiger partial charge in [0.05, 0.1) is 25.4 Å². The Hall–Kier alpha value is -2.33. The van der Waals surface area contributed by atoms with E-state index >= 15 is 0 Å². The predicted molar refractivity (Wildman–Crippen MR) is 88.8 cm³/mol. The summed E-state index contributed by atoms with van der Waals surface area (Å²) < 4.78 is 11.1. The Labute approximate surface area is 136 Å². The first kappa shape index (κ1) is 15.6. The van der Waals surface area contributed by atoms with Gasteiger partial charge in [0, 0.05) is 19.5 Å². The van der Waals surface area contributed by atoms with Crippen molar-refractivity contribution in [2.75, 3.05) is 26.8 Å². The van der Waals surface area contributed by atoms with Gasteiger partial charge >= 0.3 is 0 Å². The number of para-hydroxylation sites is 1. The molecule has 1 unspecified atom stereocenters. The summed E-state index contributed by atoms with van der Waals surface area (Å²) in [7, 11) is 1.59. The summed E-state index contributed by atoms with van der Waals surface area (Å²) >= 11 is 0. The van der Waals surface area contributed by atoms with E-state index in [4.69, 9.17) is 9.47 Å². The van der Waals surface area contributed by atoms with Gasteiger partial charge in [-0.05, 0) is 17.7 Å². The second kappa shape index (κ2) is 7.29. The van der Waals surface area contributed by atoms with Crippen LogP contribution in [0.1, 0.15) is 15.9 Å². The summed E-state index contributed by atoms with van der Waals surface area (Å²) in [4.78, 5) is 14.6. The largest absolute Gasteiger partial charge is 0.496 e. The van der Waals surface area contributed by atoms with Crippen LogP contribution >= 0.6 is 0 Å². The van der Waals surface area contributed by atoms with Crippen LogP contribution in [0.5, 0.6) is 5.75 Å². The average Bonchev–Trinajstić information content (AvgIpc) is 2.62. The summed E-state index contributed by atoms with van der Waals surface area (Å²) in [5.74, 6) is 0.618. The van der Waals surface area contributed by atoms with Crippen molar-refractivity contribution < 1.29 is 14.3 Å². The van der Waals surface area contributed by atoms with Crippen LogP contribution in [-0.2, 0) is 11.2 Å². The molecular weight excluding hydrogens is 290 g/mol. The summed E-state index contributed by atoms with van der Waals surface area (Å²) in [6.45, 7) is 1.78. The number of nitrogens with zero attached hydrogens (tertiary/aromatic N) is 1. The molecule has 1 saturated heterocycles. The van der Waals surface area contributed by atoms with Gasteiger partial charge in [0.2, 0.25) is 0 Å². The van der Waals surface area contributed by atoms with Crippen LogP contribution in [0, 0.1) is 0 Å². The number of methoxy groups -OCH3 is 1. The van der Waals surface area contributed by atoms with Gasteiger partial charge in [0.25, 0.3) is 5.91 Å². The quantitative estimate of drug-likeness (QED) is 0.871. The molecule has 1 atom stereocenters. The second-order valence-corrected chi connectivity index (χ2v) is 5.63. The van der Waals surface area contributed by atoms with Crippen molar-refractivity contribution in [3.05, 3.63) is 65.7 Å². The van der Waals surface area contributed by atoms with Gasteiger partial charge in [-0.1, -0.05) is 42.5 Å². The van der Waals surface area contributed by atoms with E-state index in [1.54, 1.807) is 7.11 Å². The fourth-order valence-electron chi connectivity index (χ4n) is 2.90. The molecule has 1 heterocycles. The minimum absolute atomic E-state index is 0.00353. The summed E-state index contributed by atoms with van der Waals surface area (Å²) in [6, 6.07) is 17.6. The molecule has 3 rings (SSSR count). The SMILES string of the molecule is COc1ccccc1C(=O)N1CCOC(Cc2ccccc2)C1. The van der Waals surface area contributed by atoms with E-state index in [0.29, 0.717) is 31.0 Å². The van der Waals surface area contributed by atoms with Crippen LogP contribution in [0.4, 0.5) is 0 Å². The van der Waals surface area contributed by atoms with Crippen molar-refractivity contribution in [2.24, 2.45) is 0 Å². The van der Waals surface area contributed by atoms with Gasteiger partial charge in [-0.15, -0.1) is 0 Å². The number of ether oxygens (including phenoxy) is 2. The number of amides is 1. The van der Waals surface area contributed by atoms with Crippen molar-refractivity contribution in [3.8, 4) is 5.75 Å². The fraction of sp³-hybridized carbons (Fsp3) is 0.316. The van der Waals surface area contributed by atoms with Crippen molar-refractivity contribution in [1.82, 2.24) is 4.90 Å². The van der Waals surface area contributed by atoms with Gasteiger partial charge in [0.1, 0.15) is 5.75 Å². The molecule has 1 amide bonds. The zero-order valence-electron chi connectivity index (χ0n) is 13.3. The van der Waals surface area contributed by atoms with Crippen LogP contribution < -0.4 is 4.74 Å². The Morgan fingerprint density at radius 1 is 1.17 bits per heavy atom. The number of morpholine rings is 1. The highest BCUT2D eigenvalue weighted by molar-refractivity contribution is 5.97. The molecule has 4 heteroatoms. The topological polar surface area (TPSA) is 38.8 Å². The molecule has 0 spiro atoms. The van der Waals surface area contributed by atoms with Crippen molar-refractivity contribution in [2.45, 2.75) is 12.5 Å². The molecule has 0 saturated carbocycles. The van der Waals surface area contributed by atoms with Crippen LogP contribution in [-0.4, -0.2) is 43.7 Å². The maximum Gasteiger partial charge on any atom is 0.257 e. The standard InChI is InChI=1S/C19H21NO3/c1-22-18-10-6-5-9-17(18)19(21)20-11-12-23-16(14-20)13-15-7-3-2-4-8-15/h2-10,16H,11-14H2,1H3. The molecule has 1 aliphatic heterocycles. The number of rotatable bonds is 4. The van der Waals surface area contributed by atoms with E-state index in [9.17, 15) is 4.79 Å². The molecule has 0 radical (unpaired) electrons. The molecule has 0 bridgehead atoms. The van der Waals surface area contributed by atoms with Crippen molar-refractivity contribution >= 4 is 5.91 Å². The molecular formula is C19H21NO3. The molecule has 120 valence electrons. The molecule has 23 heavy (non-hydrogen) atoms.